The summed E-state index contributed by atoms with van der Waals surface area (Å²) in [6.07, 6.45) is -1.08. The highest BCUT2D eigenvalue weighted by molar-refractivity contribution is 6.06. The number of hydrogen-bond donors (Lipinski definition) is 2. The number of hydrazone groups is 1. The van der Waals surface area contributed by atoms with Gasteiger partial charge in [-0.2, -0.15) is 18.3 Å². The zero-order valence-corrected chi connectivity index (χ0v) is 10.5. The first-order valence-electron chi connectivity index (χ1n) is 6.30. The molecule has 0 amide bonds. The number of hydrogen-bond acceptors (Lipinski definition) is 3. The number of aliphatic hydroxyl groups excluding tert-OH is 1. The van der Waals surface area contributed by atoms with Crippen LogP contribution in [0.3, 0.4) is 0 Å². The largest absolute Gasteiger partial charge is 0.510 e. The van der Waals surface area contributed by atoms with Gasteiger partial charge in [0.25, 0.3) is 0 Å². The smallest absolute Gasteiger partial charge is 0.416 e. The van der Waals surface area contributed by atoms with E-state index in [0.717, 1.165) is 30.5 Å². The third kappa shape index (κ3) is 2.15. The van der Waals surface area contributed by atoms with Gasteiger partial charge in [-0.05, 0) is 30.5 Å². The molecule has 1 aliphatic heterocycles. The number of aliphatic hydroxyl groups is 1. The lowest BCUT2D eigenvalue weighted by Gasteiger charge is -2.20. The van der Waals surface area contributed by atoms with Gasteiger partial charge in [0.05, 0.1) is 17.8 Å². The number of nitrogens with zero attached hydrogens (tertiary/aromatic N) is 1. The Labute approximate surface area is 113 Å². The van der Waals surface area contributed by atoms with Crippen molar-refractivity contribution in [3.63, 3.8) is 0 Å². The molecule has 0 aromatic heterocycles. The van der Waals surface area contributed by atoms with Crippen molar-refractivity contribution in [1.29, 1.82) is 0 Å². The Bertz CT molecular complexity index is 583. The maximum Gasteiger partial charge on any atom is 0.416 e. The molecule has 1 heterocycles. The van der Waals surface area contributed by atoms with Gasteiger partial charge in [-0.1, -0.05) is 12.1 Å². The third-order valence-corrected chi connectivity index (χ3v) is 3.77. The second kappa shape index (κ2) is 4.26. The average Bonchev–Trinajstić information content (AvgIpc) is 3.19. The molecule has 2 aliphatic rings. The van der Waals surface area contributed by atoms with Gasteiger partial charge in [-0.3, -0.25) is 0 Å². The summed E-state index contributed by atoms with van der Waals surface area (Å²) in [4.78, 5) is 0. The van der Waals surface area contributed by atoms with Crippen LogP contribution in [0.1, 0.15) is 24.0 Å². The second-order valence-electron chi connectivity index (χ2n) is 5.12. The van der Waals surface area contributed by atoms with E-state index < -0.39 is 11.7 Å². The van der Waals surface area contributed by atoms with Gasteiger partial charge in [0.1, 0.15) is 5.76 Å². The van der Waals surface area contributed by atoms with Gasteiger partial charge < -0.3 is 10.5 Å². The molecule has 1 fully saturated rings. The first-order valence-corrected chi connectivity index (χ1v) is 6.30. The van der Waals surface area contributed by atoms with E-state index in [4.69, 9.17) is 0 Å². The lowest BCUT2D eigenvalue weighted by Crippen LogP contribution is -2.27. The molecule has 1 aromatic rings. The lowest BCUT2D eigenvalue weighted by molar-refractivity contribution is -0.137. The maximum atomic E-state index is 12.6. The standard InChI is InChI=1S/C14H13F3N2O/c15-14(16,17)10-3-1-9(2-4-10)13(5-6-13)12-7-11(20)8-18-19-12/h1-4,7,18,20H,5-6,8H2. The third-order valence-electron chi connectivity index (χ3n) is 3.77. The number of nitrogens with one attached hydrogen (secondary N) is 1. The summed E-state index contributed by atoms with van der Waals surface area (Å²) < 4.78 is 37.7. The molecule has 1 aliphatic carbocycles. The molecule has 0 atom stereocenters. The fourth-order valence-electron chi connectivity index (χ4n) is 2.49. The van der Waals surface area contributed by atoms with Gasteiger partial charge >= 0.3 is 6.18 Å². The van der Waals surface area contributed by atoms with Crippen molar-refractivity contribution in [2.24, 2.45) is 5.10 Å². The van der Waals surface area contributed by atoms with Crippen molar-refractivity contribution in [1.82, 2.24) is 5.43 Å². The molecular weight excluding hydrogens is 269 g/mol. The Morgan fingerprint density at radius 3 is 2.30 bits per heavy atom. The zero-order valence-electron chi connectivity index (χ0n) is 10.5. The molecule has 6 heteroatoms. The summed E-state index contributed by atoms with van der Waals surface area (Å²) in [6, 6.07) is 5.18. The van der Waals surface area contributed by atoms with Crippen molar-refractivity contribution in [2.75, 3.05) is 6.54 Å². The molecule has 0 radical (unpaired) electrons. The van der Waals surface area contributed by atoms with Crippen LogP contribution in [0, 0.1) is 0 Å². The molecule has 0 bridgehead atoms. The van der Waals surface area contributed by atoms with Crippen LogP contribution in [-0.2, 0) is 11.6 Å². The number of halogens is 3. The predicted octanol–water partition coefficient (Wildman–Crippen LogP) is 3.14. The summed E-state index contributed by atoms with van der Waals surface area (Å²) in [5, 5.41) is 13.7. The first-order chi connectivity index (χ1) is 9.42. The minimum atomic E-state index is -4.32. The first kappa shape index (κ1) is 13.0. The van der Waals surface area contributed by atoms with Crippen molar-refractivity contribution >= 4 is 5.71 Å². The summed E-state index contributed by atoms with van der Waals surface area (Å²) in [5.41, 5.74) is 3.20. The quantitative estimate of drug-likeness (QED) is 0.875. The lowest BCUT2D eigenvalue weighted by atomic mass is 9.89. The van der Waals surface area contributed by atoms with Crippen molar-refractivity contribution in [2.45, 2.75) is 24.4 Å². The fraction of sp³-hybridized carbons (Fsp3) is 0.357. The second-order valence-corrected chi connectivity index (χ2v) is 5.12. The Morgan fingerprint density at radius 2 is 1.80 bits per heavy atom. The molecule has 1 aromatic carbocycles. The summed E-state index contributed by atoms with van der Waals surface area (Å²) in [7, 11) is 0. The molecule has 0 spiro atoms. The van der Waals surface area contributed by atoms with Gasteiger partial charge in [-0.15, -0.1) is 0 Å². The molecule has 20 heavy (non-hydrogen) atoms. The topological polar surface area (TPSA) is 44.6 Å². The average molecular weight is 282 g/mol. The van der Waals surface area contributed by atoms with Gasteiger partial charge in [0.2, 0.25) is 0 Å². The molecule has 1 saturated carbocycles. The minimum Gasteiger partial charge on any atom is -0.510 e. The van der Waals surface area contributed by atoms with Crippen molar-refractivity contribution < 1.29 is 18.3 Å². The van der Waals surface area contributed by atoms with Gasteiger partial charge in [0, 0.05) is 11.5 Å². The van der Waals surface area contributed by atoms with E-state index in [1.807, 2.05) is 0 Å². The molecule has 3 nitrogen and oxygen atoms in total. The monoisotopic (exact) mass is 282 g/mol. The van der Waals surface area contributed by atoms with Gasteiger partial charge in [-0.25, -0.2) is 0 Å². The van der Waals surface area contributed by atoms with Crippen LogP contribution in [0.4, 0.5) is 13.2 Å². The van der Waals surface area contributed by atoms with Crippen molar-refractivity contribution in [3.05, 3.63) is 47.2 Å². The molecule has 106 valence electrons. The number of allylic oxidation sites excluding steroid dienone is 1. The SMILES string of the molecule is OC1=CC(C2(c3ccc(C(F)(F)F)cc3)CC2)=NNC1. The van der Waals surface area contributed by atoms with E-state index in [2.05, 4.69) is 10.5 Å². The molecular formula is C14H13F3N2O. The highest BCUT2D eigenvalue weighted by atomic mass is 19.4. The van der Waals surface area contributed by atoms with Gasteiger partial charge in [0.15, 0.2) is 0 Å². The summed E-state index contributed by atoms with van der Waals surface area (Å²) in [5.74, 6) is 0.188. The number of rotatable bonds is 2. The van der Waals surface area contributed by atoms with E-state index in [1.54, 1.807) is 6.08 Å². The predicted molar refractivity (Wildman–Crippen MR) is 68.5 cm³/mol. The van der Waals surface area contributed by atoms with E-state index in [9.17, 15) is 18.3 Å². The van der Waals surface area contributed by atoms with Crippen LogP contribution in [0.15, 0.2) is 41.2 Å². The maximum absolute atomic E-state index is 12.6. The van der Waals surface area contributed by atoms with Crippen molar-refractivity contribution in [3.8, 4) is 0 Å². The van der Waals surface area contributed by atoms with Crippen LogP contribution in [0.5, 0.6) is 0 Å². The van der Waals surface area contributed by atoms with E-state index in [-0.39, 0.29) is 17.7 Å². The highest BCUT2D eigenvalue weighted by Gasteiger charge is 2.49. The van der Waals surface area contributed by atoms with E-state index >= 15 is 0 Å². The molecule has 0 unspecified atom stereocenters. The van der Waals surface area contributed by atoms with Crippen LogP contribution in [0.25, 0.3) is 0 Å². The van der Waals surface area contributed by atoms with Crippen LogP contribution in [-0.4, -0.2) is 17.4 Å². The molecule has 2 N–H and O–H groups in total. The Kier molecular flexibility index (Phi) is 2.77. The fourth-order valence-corrected chi connectivity index (χ4v) is 2.49. The Morgan fingerprint density at radius 1 is 1.15 bits per heavy atom. The summed E-state index contributed by atoms with van der Waals surface area (Å²) in [6.45, 7) is 0.284. The summed E-state index contributed by atoms with van der Waals surface area (Å²) >= 11 is 0. The van der Waals surface area contributed by atoms with Crippen LogP contribution in [0.2, 0.25) is 0 Å². The Balaban J connectivity index is 1.91. The number of alkyl halides is 3. The molecule has 0 saturated heterocycles. The Hall–Kier alpha value is -1.98. The van der Waals surface area contributed by atoms with Crippen LogP contribution >= 0.6 is 0 Å². The normalized spacial score (nSPS) is 20.8. The van der Waals surface area contributed by atoms with Crippen LogP contribution < -0.4 is 5.43 Å². The zero-order chi connectivity index (χ0) is 14.4. The minimum absolute atomic E-state index is 0.188. The van der Waals surface area contributed by atoms with E-state index in [0.29, 0.717) is 5.71 Å². The number of benzene rings is 1. The van der Waals surface area contributed by atoms with E-state index in [1.165, 1.54) is 12.1 Å². The highest BCUT2D eigenvalue weighted by Crippen LogP contribution is 2.50. The molecule has 3 rings (SSSR count).